The van der Waals surface area contributed by atoms with Crippen LogP contribution in [0.5, 0.6) is 0 Å². The largest absolute Gasteiger partial charge is 0.475 e. The number of aryl methyl sites for hydroxylation is 3. The van der Waals surface area contributed by atoms with Gasteiger partial charge in [0.05, 0.1) is 11.4 Å². The van der Waals surface area contributed by atoms with E-state index in [-0.39, 0.29) is 18.2 Å². The van der Waals surface area contributed by atoms with Crippen LogP contribution in [-0.2, 0) is 13.0 Å². The smallest absolute Gasteiger partial charge is 0.371 e. The van der Waals surface area contributed by atoms with Gasteiger partial charge >= 0.3 is 5.97 Å². The highest BCUT2D eigenvalue weighted by Gasteiger charge is 2.19. The van der Waals surface area contributed by atoms with Crippen molar-refractivity contribution in [3.8, 4) is 0 Å². The van der Waals surface area contributed by atoms with Crippen molar-refractivity contribution >= 4 is 33.4 Å². The number of nitrogens with one attached hydrogen (secondary N) is 1. The minimum Gasteiger partial charge on any atom is -0.475 e. The molecule has 0 fully saturated rings. The van der Waals surface area contributed by atoms with E-state index in [1.165, 1.54) is 23.5 Å². The standard InChI is InChI=1S/C17H17N3O4S/c1-4-12-19-9(3)13-8(2)14(25-16(13)20-12)15(21)18-7-10-5-6-11(24-10)17(22)23/h5-6H,4,7H2,1-3H3,(H,18,21)(H,22,23). The molecule has 0 radical (unpaired) electrons. The second-order valence-electron chi connectivity index (χ2n) is 5.57. The molecule has 0 atom stereocenters. The molecule has 8 heteroatoms. The first kappa shape index (κ1) is 17.1. The van der Waals surface area contributed by atoms with Gasteiger partial charge in [-0.1, -0.05) is 6.92 Å². The maximum atomic E-state index is 12.5. The molecule has 0 aromatic carbocycles. The van der Waals surface area contributed by atoms with Crippen LogP contribution in [0, 0.1) is 13.8 Å². The van der Waals surface area contributed by atoms with Crippen molar-refractivity contribution in [3.05, 3.63) is 45.6 Å². The Kier molecular flexibility index (Phi) is 4.54. The van der Waals surface area contributed by atoms with E-state index >= 15 is 0 Å². The van der Waals surface area contributed by atoms with E-state index in [0.29, 0.717) is 10.6 Å². The number of rotatable bonds is 5. The third-order valence-corrected chi connectivity index (χ3v) is 5.02. The number of aromatic nitrogens is 2. The van der Waals surface area contributed by atoms with Gasteiger partial charge in [0.1, 0.15) is 16.4 Å². The van der Waals surface area contributed by atoms with Gasteiger partial charge in [0.25, 0.3) is 5.91 Å². The summed E-state index contributed by atoms with van der Waals surface area (Å²) in [5, 5.41) is 12.5. The van der Waals surface area contributed by atoms with Crippen molar-refractivity contribution in [3.63, 3.8) is 0 Å². The molecule has 0 aliphatic rings. The minimum absolute atomic E-state index is 0.116. The number of carboxylic acids is 1. The minimum atomic E-state index is -1.14. The summed E-state index contributed by atoms with van der Waals surface area (Å²) in [6.07, 6.45) is 0.736. The Labute approximate surface area is 147 Å². The van der Waals surface area contributed by atoms with Crippen molar-refractivity contribution in [2.75, 3.05) is 0 Å². The quantitative estimate of drug-likeness (QED) is 0.725. The van der Waals surface area contributed by atoms with E-state index in [1.54, 1.807) is 0 Å². The van der Waals surface area contributed by atoms with Crippen molar-refractivity contribution < 1.29 is 19.1 Å². The number of hydrogen-bond acceptors (Lipinski definition) is 6. The average Bonchev–Trinajstić information content (AvgIpc) is 3.17. The highest BCUT2D eigenvalue weighted by molar-refractivity contribution is 7.20. The molecule has 1 amide bonds. The monoisotopic (exact) mass is 359 g/mol. The Hall–Kier alpha value is -2.74. The van der Waals surface area contributed by atoms with Crippen molar-refractivity contribution in [1.29, 1.82) is 0 Å². The highest BCUT2D eigenvalue weighted by atomic mass is 32.1. The molecule has 2 N–H and O–H groups in total. The van der Waals surface area contributed by atoms with Crippen molar-refractivity contribution in [1.82, 2.24) is 15.3 Å². The zero-order valence-electron chi connectivity index (χ0n) is 14.0. The van der Waals surface area contributed by atoms with Gasteiger partial charge in [0.15, 0.2) is 0 Å². The number of carbonyl (C=O) groups excluding carboxylic acids is 1. The lowest BCUT2D eigenvalue weighted by atomic mass is 10.1. The van der Waals surface area contributed by atoms with E-state index in [1.807, 2.05) is 20.8 Å². The number of amides is 1. The first-order chi connectivity index (χ1) is 11.9. The molecule has 0 unspecified atom stereocenters. The molecule has 0 saturated carbocycles. The second kappa shape index (κ2) is 6.64. The van der Waals surface area contributed by atoms with Gasteiger partial charge in [0, 0.05) is 17.5 Å². The maximum absolute atomic E-state index is 12.5. The van der Waals surface area contributed by atoms with Crippen LogP contribution in [0.15, 0.2) is 16.5 Å². The Bertz CT molecular complexity index is 974. The Morgan fingerprint density at radius 2 is 2.04 bits per heavy atom. The number of carboxylic acid groups (broad SMARTS) is 1. The summed E-state index contributed by atoms with van der Waals surface area (Å²) < 4.78 is 5.14. The summed E-state index contributed by atoms with van der Waals surface area (Å²) in [5.41, 5.74) is 1.72. The predicted octanol–water partition coefficient (Wildman–Crippen LogP) is 3.09. The predicted molar refractivity (Wildman–Crippen MR) is 93.1 cm³/mol. The number of aromatic carboxylic acids is 1. The summed E-state index contributed by atoms with van der Waals surface area (Å²) in [7, 11) is 0. The molecular weight excluding hydrogens is 342 g/mol. The molecule has 0 spiro atoms. The van der Waals surface area contributed by atoms with Gasteiger partial charge < -0.3 is 14.8 Å². The zero-order chi connectivity index (χ0) is 18.1. The van der Waals surface area contributed by atoms with Crippen LogP contribution in [0.2, 0.25) is 0 Å². The number of nitrogens with zero attached hydrogens (tertiary/aromatic N) is 2. The molecule has 0 aliphatic carbocycles. The van der Waals surface area contributed by atoms with Crippen LogP contribution in [0.1, 0.15) is 50.0 Å². The van der Waals surface area contributed by atoms with E-state index in [0.717, 1.165) is 33.7 Å². The van der Waals surface area contributed by atoms with Gasteiger partial charge in [-0.2, -0.15) is 0 Å². The second-order valence-corrected chi connectivity index (χ2v) is 6.57. The third kappa shape index (κ3) is 3.25. The van der Waals surface area contributed by atoms with E-state index in [2.05, 4.69) is 15.3 Å². The lowest BCUT2D eigenvalue weighted by molar-refractivity contribution is 0.0660. The fourth-order valence-electron chi connectivity index (χ4n) is 2.61. The van der Waals surface area contributed by atoms with E-state index < -0.39 is 5.97 Å². The fourth-order valence-corrected chi connectivity index (χ4v) is 3.77. The molecule has 3 rings (SSSR count). The topological polar surface area (TPSA) is 105 Å². The molecule has 0 aliphatic heterocycles. The molecule has 0 bridgehead atoms. The average molecular weight is 359 g/mol. The maximum Gasteiger partial charge on any atom is 0.371 e. The number of carbonyl (C=O) groups is 2. The van der Waals surface area contributed by atoms with Crippen LogP contribution in [-0.4, -0.2) is 27.0 Å². The SMILES string of the molecule is CCc1nc(C)c2c(C)c(C(=O)NCc3ccc(C(=O)O)o3)sc2n1. The van der Waals surface area contributed by atoms with Crippen LogP contribution >= 0.6 is 11.3 Å². The number of thiophene rings is 1. The summed E-state index contributed by atoms with van der Waals surface area (Å²) in [5.74, 6) is -0.394. The molecule has 3 heterocycles. The summed E-state index contributed by atoms with van der Waals surface area (Å²) in [6, 6.07) is 2.89. The Morgan fingerprint density at radius 3 is 2.68 bits per heavy atom. The van der Waals surface area contributed by atoms with Gasteiger partial charge in [0.2, 0.25) is 5.76 Å². The summed E-state index contributed by atoms with van der Waals surface area (Å²) in [4.78, 5) is 33.7. The van der Waals surface area contributed by atoms with Gasteiger partial charge in [-0.25, -0.2) is 14.8 Å². The Balaban J connectivity index is 1.83. The number of hydrogen-bond donors (Lipinski definition) is 2. The first-order valence-corrected chi connectivity index (χ1v) is 8.59. The van der Waals surface area contributed by atoms with Gasteiger partial charge in [-0.3, -0.25) is 4.79 Å². The fraction of sp³-hybridized carbons (Fsp3) is 0.294. The van der Waals surface area contributed by atoms with Crippen molar-refractivity contribution in [2.24, 2.45) is 0 Å². The molecule has 3 aromatic heterocycles. The summed E-state index contributed by atoms with van der Waals surface area (Å²) in [6.45, 7) is 5.90. The molecule has 130 valence electrons. The third-order valence-electron chi connectivity index (χ3n) is 3.84. The molecule has 7 nitrogen and oxygen atoms in total. The number of furan rings is 1. The zero-order valence-corrected chi connectivity index (χ0v) is 14.9. The lowest BCUT2D eigenvalue weighted by Crippen LogP contribution is -2.22. The number of fused-ring (bicyclic) bond motifs is 1. The highest BCUT2D eigenvalue weighted by Crippen LogP contribution is 2.31. The van der Waals surface area contributed by atoms with Crippen LogP contribution in [0.4, 0.5) is 0 Å². The molecule has 25 heavy (non-hydrogen) atoms. The normalized spacial score (nSPS) is 11.0. The van der Waals surface area contributed by atoms with Crippen LogP contribution in [0.3, 0.4) is 0 Å². The Morgan fingerprint density at radius 1 is 1.28 bits per heavy atom. The van der Waals surface area contributed by atoms with E-state index in [9.17, 15) is 9.59 Å². The molecule has 0 saturated heterocycles. The van der Waals surface area contributed by atoms with Gasteiger partial charge in [-0.05, 0) is 31.5 Å². The van der Waals surface area contributed by atoms with Crippen molar-refractivity contribution in [2.45, 2.75) is 33.7 Å². The van der Waals surface area contributed by atoms with Crippen LogP contribution < -0.4 is 5.32 Å². The van der Waals surface area contributed by atoms with Gasteiger partial charge in [-0.15, -0.1) is 11.3 Å². The lowest BCUT2D eigenvalue weighted by Gasteiger charge is -2.03. The first-order valence-electron chi connectivity index (χ1n) is 7.77. The molecular formula is C17H17N3O4S. The summed E-state index contributed by atoms with van der Waals surface area (Å²) >= 11 is 1.33. The van der Waals surface area contributed by atoms with E-state index in [4.69, 9.17) is 9.52 Å². The molecule has 3 aromatic rings. The van der Waals surface area contributed by atoms with Crippen LogP contribution in [0.25, 0.3) is 10.2 Å².